The van der Waals surface area contributed by atoms with Gasteiger partial charge in [0.1, 0.15) is 11.6 Å². The van der Waals surface area contributed by atoms with Crippen LogP contribution in [0, 0.1) is 0 Å². The highest BCUT2D eigenvalue weighted by Gasteiger charge is 2.30. The number of fused-ring (bicyclic) bond motifs is 1. The first-order chi connectivity index (χ1) is 22.4. The Bertz CT molecular complexity index is 1710. The van der Waals surface area contributed by atoms with E-state index in [1.165, 1.54) is 11.3 Å². The number of benzene rings is 2. The summed E-state index contributed by atoms with van der Waals surface area (Å²) in [5, 5.41) is 11.1. The van der Waals surface area contributed by atoms with Crippen molar-refractivity contribution in [1.29, 1.82) is 0 Å². The molecule has 4 aromatic rings. The largest absolute Gasteiger partial charge is 0.494 e. The Labute approximate surface area is 279 Å². The average Bonchev–Trinajstić information content (AvgIpc) is 3.29. The highest BCUT2D eigenvalue weighted by molar-refractivity contribution is 9.10. The number of carbonyl (C=O) groups is 1. The van der Waals surface area contributed by atoms with E-state index in [0.717, 1.165) is 96.2 Å². The molecule has 2 aromatic heterocycles. The maximum atomic E-state index is 12.6. The molecule has 0 radical (unpaired) electrons. The molecule has 2 amide bonds. The number of rotatable bonds is 9. The molecule has 0 unspecified atom stereocenters. The average molecular weight is 707 g/mol. The lowest BCUT2D eigenvalue weighted by Gasteiger charge is -2.39. The van der Waals surface area contributed by atoms with E-state index in [0.29, 0.717) is 11.8 Å². The molecule has 0 atom stereocenters. The monoisotopic (exact) mass is 705 g/mol. The SMILES string of the molecule is CCc1cc(Nc2ncc(Br)c(Nc3ccc4nccnc4c3P(C)C)n2)c(OC)cc1N1CCC(N2CCCCNC2=O)CC1. The molecule has 2 aliphatic heterocycles. The number of urea groups is 1. The number of aryl methyl sites for hydroxylation is 1. The van der Waals surface area contributed by atoms with E-state index >= 15 is 0 Å². The Hall–Kier alpha value is -3.76. The number of nitrogens with one attached hydrogen (secondary N) is 3. The summed E-state index contributed by atoms with van der Waals surface area (Å²) in [5.74, 6) is 1.82. The molecule has 3 N–H and O–H groups in total. The lowest BCUT2D eigenvalue weighted by atomic mass is 10.00. The van der Waals surface area contributed by atoms with Crippen molar-refractivity contribution in [1.82, 2.24) is 30.2 Å². The third kappa shape index (κ3) is 6.83. The molecule has 0 saturated carbocycles. The summed E-state index contributed by atoms with van der Waals surface area (Å²) >= 11 is 3.63. The van der Waals surface area contributed by atoms with Gasteiger partial charge in [0, 0.05) is 73.6 Å². The Morgan fingerprint density at radius 3 is 2.61 bits per heavy atom. The van der Waals surface area contributed by atoms with Gasteiger partial charge in [0.05, 0.1) is 28.3 Å². The third-order valence-electron chi connectivity index (χ3n) is 8.70. The number of ether oxygens (including phenoxy) is 1. The summed E-state index contributed by atoms with van der Waals surface area (Å²) in [5.41, 5.74) is 5.92. The number of hydrogen-bond donors (Lipinski definition) is 3. The standard InChI is InChI=1S/C33H41BrN9O2P/c1-5-21-18-26(28(45-2)19-27(21)42-16-10-22(11-17-42)43-15-7-6-12-37-33(43)44)40-32-38-20-23(34)31(41-32)39-25-9-8-24-29(30(25)46(3)4)36-14-13-35-24/h8-9,13-14,18-20,22H,5-7,10-12,15-17H2,1-4H3,(H,37,44)(H2,38,39,40,41). The van der Waals surface area contributed by atoms with Crippen molar-refractivity contribution in [2.45, 2.75) is 45.1 Å². The third-order valence-corrected chi connectivity index (χ3v) is 10.6. The molecule has 2 saturated heterocycles. The van der Waals surface area contributed by atoms with Crippen LogP contribution < -0.4 is 30.9 Å². The van der Waals surface area contributed by atoms with E-state index in [1.54, 1.807) is 25.7 Å². The van der Waals surface area contributed by atoms with Crippen LogP contribution >= 0.6 is 23.9 Å². The topological polar surface area (TPSA) is 120 Å². The number of hydrogen-bond acceptors (Lipinski definition) is 9. The zero-order valence-electron chi connectivity index (χ0n) is 26.8. The van der Waals surface area contributed by atoms with Crippen molar-refractivity contribution in [2.24, 2.45) is 0 Å². The summed E-state index contributed by atoms with van der Waals surface area (Å²) < 4.78 is 6.63. The highest BCUT2D eigenvalue weighted by Crippen LogP contribution is 2.38. The van der Waals surface area contributed by atoms with Crippen LogP contribution in [-0.4, -0.2) is 83.5 Å². The van der Waals surface area contributed by atoms with Crippen molar-refractivity contribution in [3.8, 4) is 5.75 Å². The van der Waals surface area contributed by atoms with E-state index in [4.69, 9.17) is 9.72 Å². The van der Waals surface area contributed by atoms with Gasteiger partial charge in [0.25, 0.3) is 0 Å². The molecule has 6 rings (SSSR count). The van der Waals surface area contributed by atoms with Crippen LogP contribution in [0.4, 0.5) is 33.6 Å². The number of aromatic nitrogens is 4. The highest BCUT2D eigenvalue weighted by atomic mass is 79.9. The molecule has 2 aromatic carbocycles. The number of methoxy groups -OCH3 is 1. The quantitative estimate of drug-likeness (QED) is 0.170. The number of amides is 2. The van der Waals surface area contributed by atoms with Crippen LogP contribution in [0.15, 0.2) is 47.3 Å². The van der Waals surface area contributed by atoms with Crippen molar-refractivity contribution < 1.29 is 9.53 Å². The second kappa shape index (κ2) is 14.3. The molecule has 242 valence electrons. The smallest absolute Gasteiger partial charge is 0.317 e. The molecule has 0 spiro atoms. The molecule has 2 fully saturated rings. The van der Waals surface area contributed by atoms with Gasteiger partial charge in [-0.25, -0.2) is 9.78 Å². The van der Waals surface area contributed by atoms with Gasteiger partial charge >= 0.3 is 6.03 Å². The van der Waals surface area contributed by atoms with Crippen molar-refractivity contribution in [2.75, 3.05) is 62.2 Å². The summed E-state index contributed by atoms with van der Waals surface area (Å²) in [7, 11) is 1.21. The van der Waals surface area contributed by atoms with E-state index in [2.05, 4.69) is 89.0 Å². The van der Waals surface area contributed by atoms with Crippen LogP contribution in [0.3, 0.4) is 0 Å². The number of anilines is 5. The normalized spacial score (nSPS) is 16.0. The molecule has 13 heteroatoms. The Morgan fingerprint density at radius 2 is 1.85 bits per heavy atom. The van der Waals surface area contributed by atoms with Crippen LogP contribution in [0.25, 0.3) is 11.0 Å². The minimum atomic E-state index is -0.480. The minimum Gasteiger partial charge on any atom is -0.494 e. The zero-order chi connectivity index (χ0) is 32.2. The fourth-order valence-electron chi connectivity index (χ4n) is 6.37. The molecule has 46 heavy (non-hydrogen) atoms. The van der Waals surface area contributed by atoms with Gasteiger partial charge in [0.2, 0.25) is 5.95 Å². The van der Waals surface area contributed by atoms with Gasteiger partial charge in [0.15, 0.2) is 0 Å². The Morgan fingerprint density at radius 1 is 1.04 bits per heavy atom. The Kier molecular flexibility index (Phi) is 10.0. The van der Waals surface area contributed by atoms with Gasteiger partial charge in [-0.1, -0.05) is 14.8 Å². The number of nitrogens with zero attached hydrogens (tertiary/aromatic N) is 6. The molecular formula is C33H41BrN9O2P. The summed E-state index contributed by atoms with van der Waals surface area (Å²) in [6.07, 6.45) is 10.1. The van der Waals surface area contributed by atoms with E-state index < -0.39 is 7.92 Å². The molecule has 11 nitrogen and oxygen atoms in total. The van der Waals surface area contributed by atoms with Gasteiger partial charge < -0.3 is 30.5 Å². The van der Waals surface area contributed by atoms with Crippen LogP contribution in [0.1, 0.15) is 38.2 Å². The fraction of sp³-hybridized carbons (Fsp3) is 0.424. The zero-order valence-corrected chi connectivity index (χ0v) is 29.3. The van der Waals surface area contributed by atoms with Gasteiger partial charge in [-0.2, -0.15) is 4.98 Å². The number of piperidine rings is 1. The molecular weight excluding hydrogens is 665 g/mol. The lowest BCUT2D eigenvalue weighted by molar-refractivity contribution is 0.167. The molecule has 0 bridgehead atoms. The van der Waals surface area contributed by atoms with Crippen LogP contribution in [0.5, 0.6) is 5.75 Å². The van der Waals surface area contributed by atoms with E-state index in [1.807, 2.05) is 12.1 Å². The van der Waals surface area contributed by atoms with Crippen molar-refractivity contribution in [3.05, 3.63) is 52.9 Å². The Balaban J connectivity index is 1.22. The molecule has 4 heterocycles. The first kappa shape index (κ1) is 32.2. The molecule has 0 aliphatic carbocycles. The first-order valence-corrected chi connectivity index (χ1v) is 18.9. The van der Waals surface area contributed by atoms with Crippen LogP contribution in [-0.2, 0) is 6.42 Å². The second-order valence-corrected chi connectivity index (χ2v) is 14.9. The van der Waals surface area contributed by atoms with Crippen LogP contribution in [0.2, 0.25) is 0 Å². The summed E-state index contributed by atoms with van der Waals surface area (Å²) in [6, 6.07) is 8.64. The number of halogens is 1. The fourth-order valence-corrected chi connectivity index (χ4v) is 7.87. The van der Waals surface area contributed by atoms with E-state index in [9.17, 15) is 4.79 Å². The maximum Gasteiger partial charge on any atom is 0.317 e. The predicted octanol–water partition coefficient (Wildman–Crippen LogP) is 6.38. The van der Waals surface area contributed by atoms with Gasteiger partial charge in [-0.15, -0.1) is 0 Å². The van der Waals surface area contributed by atoms with Gasteiger partial charge in [-0.05, 0) is 85.1 Å². The van der Waals surface area contributed by atoms with E-state index in [-0.39, 0.29) is 12.1 Å². The van der Waals surface area contributed by atoms with Crippen molar-refractivity contribution >= 4 is 75.0 Å². The maximum absolute atomic E-state index is 12.6. The number of carbonyl (C=O) groups excluding carboxylic acids is 1. The molecule has 2 aliphatic rings. The van der Waals surface area contributed by atoms with Gasteiger partial charge in [-0.3, -0.25) is 9.97 Å². The minimum absolute atomic E-state index is 0.0867. The summed E-state index contributed by atoms with van der Waals surface area (Å²) in [6.45, 7) is 10.00. The first-order valence-electron chi connectivity index (χ1n) is 15.8. The summed E-state index contributed by atoms with van der Waals surface area (Å²) in [4.78, 5) is 35.6. The van der Waals surface area contributed by atoms with Crippen molar-refractivity contribution in [3.63, 3.8) is 0 Å². The lowest BCUT2D eigenvalue weighted by Crippen LogP contribution is -2.50. The second-order valence-electron chi connectivity index (χ2n) is 11.8. The predicted molar refractivity (Wildman–Crippen MR) is 191 cm³/mol.